The topological polar surface area (TPSA) is 37.6 Å². The molecule has 1 amide bonds. The molecule has 0 bridgehead atoms. The molecule has 146 valence electrons. The van der Waals surface area contributed by atoms with E-state index in [-0.39, 0.29) is 11.2 Å². The third-order valence-corrected chi connectivity index (χ3v) is 7.34. The predicted octanol–water partition coefficient (Wildman–Crippen LogP) is 3.01. The van der Waals surface area contributed by atoms with E-state index in [1.165, 1.54) is 20.2 Å². The number of quaternary nitrogens is 1. The fourth-order valence-electron chi connectivity index (χ4n) is 3.56. The molecule has 1 atom stereocenters. The number of para-hydroxylation sites is 1. The summed E-state index contributed by atoms with van der Waals surface area (Å²) in [6, 6.07) is 16.7. The minimum absolute atomic E-state index is 0.0477. The fourth-order valence-corrected chi connectivity index (χ4v) is 5.55. The zero-order valence-corrected chi connectivity index (χ0v) is 18.0. The largest absolute Gasteiger partial charge is 0.330 e. The van der Waals surface area contributed by atoms with Crippen molar-refractivity contribution < 1.29 is 9.69 Å². The minimum atomic E-state index is -0.0477. The zero-order valence-electron chi connectivity index (χ0n) is 16.4. The molecule has 1 N–H and O–H groups in total. The minimum Gasteiger partial charge on any atom is -0.330 e. The Bertz CT molecular complexity index is 913. The van der Waals surface area contributed by atoms with Gasteiger partial charge in [0.15, 0.2) is 0 Å². The fraction of sp³-hybridized carbons (Fsp3) is 0.364. The van der Waals surface area contributed by atoms with Crippen LogP contribution in [0, 0.1) is 6.92 Å². The van der Waals surface area contributed by atoms with Crippen LogP contribution in [0.15, 0.2) is 53.4 Å². The van der Waals surface area contributed by atoms with Crippen LogP contribution < -0.4 is 4.90 Å². The molecule has 0 unspecified atom stereocenters. The second kappa shape index (κ2) is 8.64. The van der Waals surface area contributed by atoms with Gasteiger partial charge in [0.05, 0.1) is 41.6 Å². The summed E-state index contributed by atoms with van der Waals surface area (Å²) in [6.45, 7) is 8.70. The molecule has 1 saturated heterocycles. The van der Waals surface area contributed by atoms with Crippen LogP contribution in [0.2, 0.25) is 0 Å². The summed E-state index contributed by atoms with van der Waals surface area (Å²) in [6.07, 6.45) is 0. The number of amides is 1. The summed E-state index contributed by atoms with van der Waals surface area (Å²) in [4.78, 5) is 22.3. The molecule has 4 nitrogen and oxygen atoms in total. The molecule has 3 aromatic rings. The Hall–Kier alpha value is -1.89. The zero-order chi connectivity index (χ0) is 19.5. The van der Waals surface area contributed by atoms with Gasteiger partial charge in [0.25, 0.3) is 0 Å². The Morgan fingerprint density at radius 2 is 1.89 bits per heavy atom. The van der Waals surface area contributed by atoms with E-state index in [1.54, 1.807) is 23.1 Å². The van der Waals surface area contributed by atoms with Crippen molar-refractivity contribution in [3.63, 3.8) is 0 Å². The highest BCUT2D eigenvalue weighted by Crippen LogP contribution is 2.25. The molecular formula is C22H26N3OS2+. The van der Waals surface area contributed by atoms with Crippen molar-refractivity contribution >= 4 is 39.2 Å². The third-order valence-electron chi connectivity index (χ3n) is 5.20. The van der Waals surface area contributed by atoms with Crippen LogP contribution in [0.4, 0.5) is 0 Å². The molecule has 2 heterocycles. The average molecular weight is 413 g/mol. The quantitative estimate of drug-likeness (QED) is 0.655. The van der Waals surface area contributed by atoms with Crippen molar-refractivity contribution in [2.45, 2.75) is 30.5 Å². The van der Waals surface area contributed by atoms with E-state index in [2.05, 4.69) is 49.4 Å². The number of aryl methyl sites for hydroxylation is 1. The Morgan fingerprint density at radius 1 is 1.18 bits per heavy atom. The smallest absolute Gasteiger partial charge is 0.236 e. The number of hydrogen-bond acceptors (Lipinski definition) is 4. The second-order valence-corrected chi connectivity index (χ2v) is 9.93. The van der Waals surface area contributed by atoms with Gasteiger partial charge < -0.3 is 9.80 Å². The van der Waals surface area contributed by atoms with Crippen LogP contribution in [0.1, 0.15) is 17.5 Å². The molecule has 4 rings (SSSR count). The van der Waals surface area contributed by atoms with Crippen molar-refractivity contribution in [1.29, 1.82) is 0 Å². The summed E-state index contributed by atoms with van der Waals surface area (Å²) in [7, 11) is 0. The van der Waals surface area contributed by atoms with Gasteiger partial charge in [0.1, 0.15) is 11.6 Å². The number of fused-ring (bicyclic) bond motifs is 1. The van der Waals surface area contributed by atoms with Crippen molar-refractivity contribution in [1.82, 2.24) is 9.88 Å². The van der Waals surface area contributed by atoms with Crippen LogP contribution in [0.25, 0.3) is 10.2 Å². The highest BCUT2D eigenvalue weighted by molar-refractivity contribution is 8.00. The van der Waals surface area contributed by atoms with Crippen molar-refractivity contribution in [3.8, 4) is 0 Å². The van der Waals surface area contributed by atoms with Crippen molar-refractivity contribution in [3.05, 3.63) is 59.1 Å². The van der Waals surface area contributed by atoms with Crippen LogP contribution in [0.3, 0.4) is 0 Å². The van der Waals surface area contributed by atoms with Gasteiger partial charge in [-0.15, -0.1) is 23.1 Å². The van der Waals surface area contributed by atoms with E-state index in [4.69, 9.17) is 4.98 Å². The van der Waals surface area contributed by atoms with Crippen molar-refractivity contribution in [2.24, 2.45) is 0 Å². The number of thiazole rings is 1. The standard InChI is InChI=1S/C22H25N3OS2/c1-16-7-9-18(10-8-16)27-17(2)22(26)25-13-11-24(12-14-25)15-21-23-19-5-3-4-6-20(19)28-21/h3-10,17H,11-15H2,1-2H3/p+1/t17-/m0/s1. The Morgan fingerprint density at radius 3 is 2.61 bits per heavy atom. The Kier molecular flexibility index (Phi) is 5.99. The summed E-state index contributed by atoms with van der Waals surface area (Å²) in [5, 5.41) is 1.15. The van der Waals surface area contributed by atoms with E-state index < -0.39 is 0 Å². The lowest BCUT2D eigenvalue weighted by molar-refractivity contribution is -0.917. The number of carbonyl (C=O) groups excluding carboxylic acids is 1. The van der Waals surface area contributed by atoms with E-state index in [0.29, 0.717) is 0 Å². The summed E-state index contributed by atoms with van der Waals surface area (Å²) in [5.74, 6) is 0.254. The molecule has 1 aromatic heterocycles. The predicted molar refractivity (Wildman–Crippen MR) is 117 cm³/mol. The first-order valence-corrected chi connectivity index (χ1v) is 11.5. The number of rotatable bonds is 5. The maximum absolute atomic E-state index is 12.8. The van der Waals surface area contributed by atoms with E-state index in [9.17, 15) is 4.79 Å². The number of nitrogens with zero attached hydrogens (tertiary/aromatic N) is 2. The monoisotopic (exact) mass is 412 g/mol. The van der Waals surface area contributed by atoms with Gasteiger partial charge in [-0.25, -0.2) is 4.98 Å². The number of hydrogen-bond donors (Lipinski definition) is 1. The van der Waals surface area contributed by atoms with Crippen LogP contribution >= 0.6 is 23.1 Å². The Labute approximate surface area is 174 Å². The van der Waals surface area contributed by atoms with Crippen LogP contribution in [0.5, 0.6) is 0 Å². The molecule has 0 saturated carbocycles. The van der Waals surface area contributed by atoms with Gasteiger partial charge in [-0.05, 0) is 38.1 Å². The molecule has 6 heteroatoms. The number of nitrogens with one attached hydrogen (secondary N) is 1. The molecule has 2 aromatic carbocycles. The number of carbonyl (C=O) groups is 1. The van der Waals surface area contributed by atoms with Crippen molar-refractivity contribution in [2.75, 3.05) is 26.2 Å². The summed E-state index contributed by atoms with van der Waals surface area (Å²) < 4.78 is 1.26. The summed E-state index contributed by atoms with van der Waals surface area (Å²) in [5.41, 5.74) is 2.34. The molecule has 0 aliphatic carbocycles. The third kappa shape index (κ3) is 4.57. The maximum Gasteiger partial charge on any atom is 0.236 e. The lowest BCUT2D eigenvalue weighted by Gasteiger charge is -2.33. The number of thioether (sulfide) groups is 1. The molecule has 1 fully saturated rings. The van der Waals surface area contributed by atoms with E-state index in [0.717, 1.165) is 43.1 Å². The molecule has 1 aliphatic rings. The van der Waals surface area contributed by atoms with E-state index >= 15 is 0 Å². The van der Waals surface area contributed by atoms with E-state index in [1.807, 2.05) is 17.9 Å². The number of piperazine rings is 1. The first-order chi connectivity index (χ1) is 13.6. The van der Waals surface area contributed by atoms with Gasteiger partial charge in [-0.2, -0.15) is 0 Å². The lowest BCUT2D eigenvalue weighted by atomic mass is 10.2. The lowest BCUT2D eigenvalue weighted by Crippen LogP contribution is -3.13. The normalized spacial score (nSPS) is 16.4. The van der Waals surface area contributed by atoms with Crippen LogP contribution in [-0.2, 0) is 11.3 Å². The number of aromatic nitrogens is 1. The second-order valence-electron chi connectivity index (χ2n) is 7.40. The highest BCUT2D eigenvalue weighted by Gasteiger charge is 2.27. The molecule has 0 spiro atoms. The number of benzene rings is 2. The molecule has 1 aliphatic heterocycles. The Balaban J connectivity index is 1.29. The van der Waals surface area contributed by atoms with Gasteiger partial charge in [0.2, 0.25) is 5.91 Å². The first kappa shape index (κ1) is 19.4. The van der Waals surface area contributed by atoms with Gasteiger partial charge >= 0.3 is 0 Å². The maximum atomic E-state index is 12.8. The van der Waals surface area contributed by atoms with Gasteiger partial charge in [0, 0.05) is 4.90 Å². The molecular weight excluding hydrogens is 386 g/mol. The van der Waals surface area contributed by atoms with Gasteiger partial charge in [-0.1, -0.05) is 29.8 Å². The molecule has 0 radical (unpaired) electrons. The average Bonchev–Trinajstić information content (AvgIpc) is 3.12. The SMILES string of the molecule is Cc1ccc(S[C@@H](C)C(=O)N2CC[NH+](Cc3nc4ccccc4s3)CC2)cc1. The summed E-state index contributed by atoms with van der Waals surface area (Å²) >= 11 is 3.44. The first-order valence-electron chi connectivity index (χ1n) is 9.78. The molecule has 28 heavy (non-hydrogen) atoms. The van der Waals surface area contributed by atoms with Crippen LogP contribution in [-0.4, -0.2) is 47.2 Å². The van der Waals surface area contributed by atoms with Gasteiger partial charge in [-0.3, -0.25) is 4.79 Å². The highest BCUT2D eigenvalue weighted by atomic mass is 32.2.